The highest BCUT2D eigenvalue weighted by Gasteiger charge is 2.38. The molecule has 0 unspecified atom stereocenters. The molecule has 0 aromatic carbocycles. The first kappa shape index (κ1) is 23.8. The molecule has 0 fully saturated rings. The Balaban J connectivity index is 4.40. The molecule has 1 N–H and O–H groups in total. The fourth-order valence-corrected chi connectivity index (χ4v) is 15.2. The standard InChI is InChI=1S/C17H39NO3Si3/c1-11-17(3,4)16(19)18-14-13-15-23(7,8)21-24(9,10)20-22(5,6)12-2/h12H,2,11,13-15H2,1,3-10H3,(H,18,19). The van der Waals surface area contributed by atoms with Crippen LogP contribution in [0.5, 0.6) is 0 Å². The Morgan fingerprint density at radius 2 is 1.67 bits per heavy atom. The average molecular weight is 390 g/mol. The molecular formula is C17H39NO3Si3. The molecule has 0 spiro atoms. The number of amides is 1. The van der Waals surface area contributed by atoms with Crippen molar-refractivity contribution in [3.63, 3.8) is 0 Å². The van der Waals surface area contributed by atoms with E-state index in [4.69, 9.17) is 8.23 Å². The van der Waals surface area contributed by atoms with E-state index in [9.17, 15) is 4.79 Å². The van der Waals surface area contributed by atoms with Gasteiger partial charge in [-0.3, -0.25) is 4.79 Å². The molecule has 0 heterocycles. The van der Waals surface area contributed by atoms with E-state index in [0.717, 1.165) is 25.4 Å². The molecule has 0 aliphatic carbocycles. The van der Waals surface area contributed by atoms with Gasteiger partial charge in [-0.25, -0.2) is 0 Å². The molecule has 0 bridgehead atoms. The van der Waals surface area contributed by atoms with Crippen LogP contribution in [0.1, 0.15) is 33.6 Å². The van der Waals surface area contributed by atoms with Crippen molar-refractivity contribution in [1.29, 1.82) is 0 Å². The van der Waals surface area contributed by atoms with E-state index in [-0.39, 0.29) is 11.3 Å². The Hall–Kier alpha value is -0.219. The Bertz CT molecular complexity index is 435. The fourth-order valence-electron chi connectivity index (χ4n) is 2.53. The van der Waals surface area contributed by atoms with Crippen LogP contribution >= 0.6 is 0 Å². The van der Waals surface area contributed by atoms with Crippen LogP contribution < -0.4 is 5.32 Å². The number of nitrogens with one attached hydrogen (secondary N) is 1. The zero-order valence-electron chi connectivity index (χ0n) is 17.3. The number of carbonyl (C=O) groups is 1. The second-order valence-electron chi connectivity index (χ2n) is 8.77. The van der Waals surface area contributed by atoms with Gasteiger partial charge in [-0.1, -0.05) is 26.5 Å². The zero-order valence-corrected chi connectivity index (χ0v) is 20.3. The number of rotatable bonds is 11. The second-order valence-corrected chi connectivity index (χ2v) is 20.8. The minimum atomic E-state index is -2.15. The highest BCUT2D eigenvalue weighted by molar-refractivity contribution is 6.89. The highest BCUT2D eigenvalue weighted by atomic mass is 28.5. The summed E-state index contributed by atoms with van der Waals surface area (Å²) in [7, 11) is -5.78. The molecular weight excluding hydrogens is 350 g/mol. The summed E-state index contributed by atoms with van der Waals surface area (Å²) in [6, 6.07) is 1.02. The minimum absolute atomic E-state index is 0.141. The van der Waals surface area contributed by atoms with E-state index < -0.39 is 25.2 Å². The van der Waals surface area contributed by atoms with Crippen molar-refractivity contribution in [2.75, 3.05) is 6.54 Å². The van der Waals surface area contributed by atoms with Gasteiger partial charge in [-0.05, 0) is 58.2 Å². The van der Waals surface area contributed by atoms with Gasteiger partial charge in [0.1, 0.15) is 0 Å². The van der Waals surface area contributed by atoms with E-state index in [1.807, 2.05) is 26.5 Å². The molecule has 0 aromatic rings. The van der Waals surface area contributed by atoms with Crippen LogP contribution in [0.4, 0.5) is 0 Å². The molecule has 0 aliphatic heterocycles. The van der Waals surface area contributed by atoms with Crippen molar-refractivity contribution in [1.82, 2.24) is 5.32 Å². The van der Waals surface area contributed by atoms with Gasteiger partial charge in [0.2, 0.25) is 5.91 Å². The first-order valence-electron chi connectivity index (χ1n) is 8.99. The highest BCUT2D eigenvalue weighted by Crippen LogP contribution is 2.24. The van der Waals surface area contributed by atoms with Gasteiger partial charge in [0.15, 0.2) is 16.6 Å². The largest absolute Gasteiger partial charge is 0.437 e. The molecule has 4 nitrogen and oxygen atoms in total. The lowest BCUT2D eigenvalue weighted by Crippen LogP contribution is -2.52. The monoisotopic (exact) mass is 389 g/mol. The van der Waals surface area contributed by atoms with Gasteiger partial charge in [0.05, 0.1) is 0 Å². The molecule has 0 rings (SSSR count). The predicted molar refractivity (Wildman–Crippen MR) is 111 cm³/mol. The summed E-state index contributed by atoms with van der Waals surface area (Å²) in [5, 5.41) is 3.06. The van der Waals surface area contributed by atoms with Crippen LogP contribution in [0.3, 0.4) is 0 Å². The van der Waals surface area contributed by atoms with Crippen molar-refractivity contribution < 1.29 is 13.0 Å². The van der Waals surface area contributed by atoms with Crippen LogP contribution in [0.25, 0.3) is 0 Å². The van der Waals surface area contributed by atoms with Crippen LogP contribution in [0.2, 0.25) is 45.3 Å². The number of hydrogen-bond donors (Lipinski definition) is 1. The Morgan fingerprint density at radius 1 is 1.12 bits per heavy atom. The normalized spacial score (nSPS) is 13.7. The van der Waals surface area contributed by atoms with E-state index in [1.165, 1.54) is 0 Å². The van der Waals surface area contributed by atoms with Crippen molar-refractivity contribution in [3.05, 3.63) is 12.3 Å². The lowest BCUT2D eigenvalue weighted by molar-refractivity contribution is -0.129. The SMILES string of the molecule is C=C[Si](C)(C)O[Si](C)(C)O[Si](C)(C)CCCNC(=O)C(C)(C)CC. The van der Waals surface area contributed by atoms with Gasteiger partial charge in [0.25, 0.3) is 0 Å². The lowest BCUT2D eigenvalue weighted by atomic mass is 9.89. The summed E-state index contributed by atoms with van der Waals surface area (Å²) < 4.78 is 12.8. The van der Waals surface area contributed by atoms with Crippen molar-refractivity contribution in [3.8, 4) is 0 Å². The number of hydrogen-bond acceptors (Lipinski definition) is 3. The maximum atomic E-state index is 12.1. The van der Waals surface area contributed by atoms with E-state index in [1.54, 1.807) is 0 Å². The van der Waals surface area contributed by atoms with Gasteiger partial charge in [0, 0.05) is 12.0 Å². The number of carbonyl (C=O) groups excluding carboxylic acids is 1. The van der Waals surface area contributed by atoms with Crippen LogP contribution in [-0.4, -0.2) is 37.6 Å². The van der Waals surface area contributed by atoms with Crippen LogP contribution in [0, 0.1) is 5.41 Å². The fraction of sp³-hybridized carbons (Fsp3) is 0.824. The van der Waals surface area contributed by atoms with Crippen LogP contribution in [-0.2, 0) is 13.0 Å². The summed E-state index contributed by atoms with van der Waals surface area (Å²) in [5.74, 6) is 0.141. The second kappa shape index (κ2) is 8.93. The molecule has 0 atom stereocenters. The topological polar surface area (TPSA) is 47.6 Å². The van der Waals surface area contributed by atoms with E-state index >= 15 is 0 Å². The maximum Gasteiger partial charge on any atom is 0.311 e. The summed E-state index contributed by atoms with van der Waals surface area (Å²) >= 11 is 0. The Labute approximate surface area is 152 Å². The smallest absolute Gasteiger partial charge is 0.311 e. The Morgan fingerprint density at radius 3 is 2.12 bits per heavy atom. The molecule has 7 heteroatoms. The molecule has 1 amide bonds. The zero-order chi connectivity index (χ0) is 19.2. The maximum absolute atomic E-state index is 12.1. The quantitative estimate of drug-likeness (QED) is 0.408. The summed E-state index contributed by atoms with van der Waals surface area (Å²) in [5.41, 5.74) is 1.68. The minimum Gasteiger partial charge on any atom is -0.437 e. The predicted octanol–water partition coefficient (Wildman–Crippen LogP) is 4.80. The van der Waals surface area contributed by atoms with Gasteiger partial charge < -0.3 is 13.5 Å². The first-order chi connectivity index (χ1) is 10.7. The molecule has 142 valence electrons. The lowest BCUT2D eigenvalue weighted by Gasteiger charge is -2.37. The van der Waals surface area contributed by atoms with Crippen molar-refractivity contribution in [2.45, 2.75) is 78.9 Å². The van der Waals surface area contributed by atoms with E-state index in [2.05, 4.69) is 51.2 Å². The van der Waals surface area contributed by atoms with E-state index in [0.29, 0.717) is 0 Å². The summed E-state index contributed by atoms with van der Waals surface area (Å²) in [4.78, 5) is 12.1. The average Bonchev–Trinajstić information content (AvgIpc) is 2.40. The van der Waals surface area contributed by atoms with Crippen LogP contribution in [0.15, 0.2) is 12.3 Å². The molecule has 0 aliphatic rings. The third-order valence-electron chi connectivity index (χ3n) is 4.26. The molecule has 0 radical (unpaired) electrons. The third kappa shape index (κ3) is 9.31. The third-order valence-corrected chi connectivity index (χ3v) is 15.1. The summed E-state index contributed by atoms with van der Waals surface area (Å²) in [6.45, 7) is 23.7. The van der Waals surface area contributed by atoms with Gasteiger partial charge in [-0.15, -0.1) is 6.58 Å². The van der Waals surface area contributed by atoms with Crippen molar-refractivity contribution >= 4 is 31.1 Å². The van der Waals surface area contributed by atoms with Gasteiger partial charge >= 0.3 is 8.56 Å². The molecule has 0 saturated carbocycles. The van der Waals surface area contributed by atoms with Crippen molar-refractivity contribution in [2.24, 2.45) is 5.41 Å². The molecule has 0 saturated heterocycles. The summed E-state index contributed by atoms with van der Waals surface area (Å²) in [6.07, 6.45) is 1.81. The molecule has 0 aromatic heterocycles. The first-order valence-corrected chi connectivity index (χ1v) is 17.9. The van der Waals surface area contributed by atoms with Gasteiger partial charge in [-0.2, -0.15) is 0 Å². The molecule has 24 heavy (non-hydrogen) atoms. The Kier molecular flexibility index (Phi) is 8.85.